The fourth-order valence-electron chi connectivity index (χ4n) is 2.35. The van der Waals surface area contributed by atoms with E-state index in [1.165, 1.54) is 0 Å². The second kappa shape index (κ2) is 7.06. The Morgan fingerprint density at radius 3 is 2.61 bits per heavy atom. The van der Waals surface area contributed by atoms with Gasteiger partial charge in [0.25, 0.3) is 0 Å². The Morgan fingerprint density at radius 2 is 1.91 bits per heavy atom. The smallest absolute Gasteiger partial charge is 0.318 e. The minimum Gasteiger partial charge on any atom is -0.378 e. The first-order valence-electron chi connectivity index (χ1n) is 7.51. The number of hydrogen-bond acceptors (Lipinski definition) is 5. The fraction of sp³-hybridized carbons (Fsp3) is 0.312. The average Bonchev–Trinajstić information content (AvgIpc) is 2.63. The van der Waals surface area contributed by atoms with Gasteiger partial charge in [0, 0.05) is 37.6 Å². The van der Waals surface area contributed by atoms with Gasteiger partial charge in [-0.15, -0.1) is 0 Å². The van der Waals surface area contributed by atoms with Crippen molar-refractivity contribution in [1.29, 1.82) is 0 Å². The summed E-state index contributed by atoms with van der Waals surface area (Å²) in [6.45, 7) is 3.12. The summed E-state index contributed by atoms with van der Waals surface area (Å²) in [4.78, 5) is 22.5. The van der Waals surface area contributed by atoms with Gasteiger partial charge < -0.3 is 20.3 Å². The van der Waals surface area contributed by atoms with E-state index in [-0.39, 0.29) is 6.03 Å². The molecule has 1 aliphatic heterocycles. The molecule has 0 atom stereocenters. The van der Waals surface area contributed by atoms with Crippen molar-refractivity contribution in [3.63, 3.8) is 0 Å². The maximum atomic E-state index is 11.3. The summed E-state index contributed by atoms with van der Waals surface area (Å²) in [7, 11) is 1.58. The van der Waals surface area contributed by atoms with Gasteiger partial charge in [-0.25, -0.2) is 14.8 Å². The number of ether oxygens (including phenoxy) is 1. The molecule has 2 amide bonds. The molecule has 0 spiro atoms. The Morgan fingerprint density at radius 1 is 1.17 bits per heavy atom. The molecule has 7 nitrogen and oxygen atoms in total. The molecule has 0 aliphatic carbocycles. The molecule has 2 aromatic rings. The quantitative estimate of drug-likeness (QED) is 0.902. The number of amides is 2. The first-order chi connectivity index (χ1) is 11.3. The predicted octanol–water partition coefficient (Wildman–Crippen LogP) is 1.73. The van der Waals surface area contributed by atoms with Crippen LogP contribution in [0, 0.1) is 0 Å². The normalized spacial score (nSPS) is 14.4. The van der Waals surface area contributed by atoms with Gasteiger partial charge in [0.1, 0.15) is 5.82 Å². The van der Waals surface area contributed by atoms with Crippen molar-refractivity contribution >= 4 is 17.5 Å². The van der Waals surface area contributed by atoms with Crippen molar-refractivity contribution in [2.24, 2.45) is 0 Å². The number of rotatable bonds is 3. The number of hydrogen-bond donors (Lipinski definition) is 2. The molecule has 0 unspecified atom stereocenters. The molecule has 3 rings (SSSR count). The first-order valence-corrected chi connectivity index (χ1v) is 7.51. The molecule has 120 valence electrons. The summed E-state index contributed by atoms with van der Waals surface area (Å²) in [5.41, 5.74) is 1.62. The summed E-state index contributed by atoms with van der Waals surface area (Å²) < 4.78 is 5.37. The molecule has 23 heavy (non-hydrogen) atoms. The lowest BCUT2D eigenvalue weighted by Gasteiger charge is -2.27. The van der Waals surface area contributed by atoms with Crippen LogP contribution in [0.25, 0.3) is 11.4 Å². The Bertz CT molecular complexity index is 668. The van der Waals surface area contributed by atoms with Crippen LogP contribution in [0.4, 0.5) is 16.3 Å². The number of carbonyl (C=O) groups is 1. The number of benzene rings is 1. The van der Waals surface area contributed by atoms with Gasteiger partial charge >= 0.3 is 6.03 Å². The van der Waals surface area contributed by atoms with Gasteiger partial charge in [-0.3, -0.25) is 0 Å². The molecular formula is C16H19N5O2. The monoisotopic (exact) mass is 313 g/mol. The van der Waals surface area contributed by atoms with Crippen LogP contribution in [0.2, 0.25) is 0 Å². The Kier molecular flexibility index (Phi) is 4.68. The van der Waals surface area contributed by atoms with E-state index < -0.39 is 0 Å². The SMILES string of the molecule is CNC(=O)Nc1ccc(-c2nccc(N3CCOCC3)n2)cc1. The lowest BCUT2D eigenvalue weighted by atomic mass is 10.2. The summed E-state index contributed by atoms with van der Waals surface area (Å²) in [6.07, 6.45) is 1.77. The molecule has 0 radical (unpaired) electrons. The Labute approximate surface area is 134 Å². The summed E-state index contributed by atoms with van der Waals surface area (Å²) in [5.74, 6) is 1.58. The molecule has 0 bridgehead atoms. The molecule has 1 saturated heterocycles. The molecule has 1 aromatic heterocycles. The van der Waals surface area contributed by atoms with E-state index in [4.69, 9.17) is 4.74 Å². The number of morpholine rings is 1. The van der Waals surface area contributed by atoms with Crippen LogP contribution in [-0.2, 0) is 4.74 Å². The number of carbonyl (C=O) groups excluding carboxylic acids is 1. The predicted molar refractivity (Wildman–Crippen MR) is 88.6 cm³/mol. The van der Waals surface area contributed by atoms with Crippen LogP contribution in [0.15, 0.2) is 36.5 Å². The molecule has 2 heterocycles. The van der Waals surface area contributed by atoms with Crippen molar-refractivity contribution in [1.82, 2.24) is 15.3 Å². The maximum Gasteiger partial charge on any atom is 0.318 e. The van der Waals surface area contributed by atoms with E-state index in [9.17, 15) is 4.79 Å². The minimum absolute atomic E-state index is 0.247. The minimum atomic E-state index is -0.247. The second-order valence-corrected chi connectivity index (χ2v) is 5.12. The largest absolute Gasteiger partial charge is 0.378 e. The van der Waals surface area contributed by atoms with Gasteiger partial charge in [-0.1, -0.05) is 0 Å². The number of aromatic nitrogens is 2. The molecule has 1 fully saturated rings. The van der Waals surface area contributed by atoms with Crippen molar-refractivity contribution in [2.75, 3.05) is 43.6 Å². The fourth-order valence-corrected chi connectivity index (χ4v) is 2.35. The van der Waals surface area contributed by atoms with Crippen molar-refractivity contribution in [3.05, 3.63) is 36.5 Å². The number of nitrogens with one attached hydrogen (secondary N) is 2. The number of urea groups is 1. The molecule has 0 saturated carbocycles. The zero-order valence-corrected chi connectivity index (χ0v) is 13.0. The second-order valence-electron chi connectivity index (χ2n) is 5.12. The third kappa shape index (κ3) is 3.75. The van der Waals surface area contributed by atoms with Crippen molar-refractivity contribution in [2.45, 2.75) is 0 Å². The van der Waals surface area contributed by atoms with Crippen LogP contribution in [0.5, 0.6) is 0 Å². The molecular weight excluding hydrogens is 294 g/mol. The molecule has 1 aliphatic rings. The van der Waals surface area contributed by atoms with Gasteiger partial charge in [0.2, 0.25) is 0 Å². The van der Waals surface area contributed by atoms with Crippen LogP contribution in [-0.4, -0.2) is 49.4 Å². The highest BCUT2D eigenvalue weighted by molar-refractivity contribution is 5.89. The van der Waals surface area contributed by atoms with Gasteiger partial charge in [-0.2, -0.15) is 0 Å². The van der Waals surface area contributed by atoms with Crippen molar-refractivity contribution in [3.8, 4) is 11.4 Å². The lowest BCUT2D eigenvalue weighted by Crippen LogP contribution is -2.36. The number of anilines is 2. The Hall–Kier alpha value is -2.67. The highest BCUT2D eigenvalue weighted by Gasteiger charge is 2.13. The van der Waals surface area contributed by atoms with Crippen LogP contribution >= 0.6 is 0 Å². The highest BCUT2D eigenvalue weighted by Crippen LogP contribution is 2.21. The van der Waals surface area contributed by atoms with E-state index in [1.54, 1.807) is 13.2 Å². The molecule has 2 N–H and O–H groups in total. The van der Waals surface area contributed by atoms with E-state index >= 15 is 0 Å². The van der Waals surface area contributed by atoms with E-state index in [0.29, 0.717) is 5.82 Å². The maximum absolute atomic E-state index is 11.3. The molecule has 7 heteroatoms. The number of nitrogens with zero attached hydrogens (tertiary/aromatic N) is 3. The van der Waals surface area contributed by atoms with E-state index in [1.807, 2.05) is 30.3 Å². The van der Waals surface area contributed by atoms with Crippen molar-refractivity contribution < 1.29 is 9.53 Å². The first kappa shape index (κ1) is 15.2. The standard InChI is InChI=1S/C16H19N5O2/c1-17-16(22)19-13-4-2-12(3-5-13)15-18-7-6-14(20-15)21-8-10-23-11-9-21/h2-7H,8-11H2,1H3,(H2,17,19,22). The van der Waals surface area contributed by atoms with Crippen LogP contribution < -0.4 is 15.5 Å². The Balaban J connectivity index is 1.77. The topological polar surface area (TPSA) is 79.4 Å². The zero-order chi connectivity index (χ0) is 16.1. The molecule has 1 aromatic carbocycles. The lowest BCUT2D eigenvalue weighted by molar-refractivity contribution is 0.122. The van der Waals surface area contributed by atoms with Gasteiger partial charge in [-0.05, 0) is 30.3 Å². The highest BCUT2D eigenvalue weighted by atomic mass is 16.5. The third-order valence-corrected chi connectivity index (χ3v) is 3.60. The zero-order valence-electron chi connectivity index (χ0n) is 13.0. The average molecular weight is 313 g/mol. The van der Waals surface area contributed by atoms with E-state index in [0.717, 1.165) is 43.4 Å². The summed E-state index contributed by atoms with van der Waals surface area (Å²) in [6, 6.07) is 9.11. The van der Waals surface area contributed by atoms with Crippen LogP contribution in [0.1, 0.15) is 0 Å². The summed E-state index contributed by atoms with van der Waals surface area (Å²) in [5, 5.41) is 5.23. The summed E-state index contributed by atoms with van der Waals surface area (Å²) >= 11 is 0. The van der Waals surface area contributed by atoms with Crippen LogP contribution in [0.3, 0.4) is 0 Å². The van der Waals surface area contributed by atoms with Gasteiger partial charge in [0.05, 0.1) is 13.2 Å². The van der Waals surface area contributed by atoms with Gasteiger partial charge in [0.15, 0.2) is 5.82 Å². The third-order valence-electron chi connectivity index (χ3n) is 3.60. The van der Waals surface area contributed by atoms with E-state index in [2.05, 4.69) is 25.5 Å².